The lowest BCUT2D eigenvalue weighted by Gasteiger charge is -2.27. The molecule has 0 atom stereocenters. The molecule has 0 saturated carbocycles. The molecule has 1 fully saturated rings. The Morgan fingerprint density at radius 2 is 1.79 bits per heavy atom. The average molecular weight is 259 g/mol. The smallest absolute Gasteiger partial charge is 0.0644 e. The molecule has 1 aromatic rings. The second kappa shape index (κ2) is 7.93. The Bertz CT molecular complexity index is 413. The maximum absolute atomic E-state index is 9.33. The molecular weight excluding hydrogens is 234 g/mol. The Morgan fingerprint density at radius 3 is 2.21 bits per heavy atom. The maximum Gasteiger partial charge on any atom is 0.0644 e. The van der Waals surface area contributed by atoms with E-state index in [-0.39, 0.29) is 5.60 Å². The van der Waals surface area contributed by atoms with Crippen molar-refractivity contribution in [1.29, 1.82) is 0 Å². The summed E-state index contributed by atoms with van der Waals surface area (Å²) in [6, 6.07) is 8.19. The average Bonchev–Trinajstić information content (AvgIpc) is 2.40. The third-order valence-corrected chi connectivity index (χ3v) is 3.24. The molecule has 2 heteroatoms. The highest BCUT2D eigenvalue weighted by atomic mass is 16.3. The normalized spacial score (nSPS) is 17.6. The summed E-state index contributed by atoms with van der Waals surface area (Å²) >= 11 is 0. The highest BCUT2D eigenvalue weighted by Crippen LogP contribution is 2.15. The van der Waals surface area contributed by atoms with E-state index in [1.807, 2.05) is 38.1 Å². The zero-order valence-electron chi connectivity index (χ0n) is 12.0. The van der Waals surface area contributed by atoms with Gasteiger partial charge in [-0.3, -0.25) is 0 Å². The summed E-state index contributed by atoms with van der Waals surface area (Å²) in [6.07, 6.45) is 7.77. The molecule has 0 spiro atoms. The van der Waals surface area contributed by atoms with Crippen molar-refractivity contribution in [1.82, 2.24) is 5.32 Å². The molecule has 2 nitrogen and oxygen atoms in total. The fraction of sp³-hybridized carbons (Fsp3) is 0.412. The predicted octanol–water partition coefficient (Wildman–Crippen LogP) is 3.48. The Kier molecular flexibility index (Phi) is 6.54. The third-order valence-electron chi connectivity index (χ3n) is 3.24. The predicted molar refractivity (Wildman–Crippen MR) is 84.0 cm³/mol. The molecule has 1 saturated heterocycles. The monoisotopic (exact) mass is 259 g/mol. The second-order valence-electron chi connectivity index (χ2n) is 5.08. The number of hydrogen-bond donors (Lipinski definition) is 2. The van der Waals surface area contributed by atoms with Crippen LogP contribution in [0.25, 0.3) is 12.2 Å². The molecule has 1 heterocycles. The molecule has 0 unspecified atom stereocenters. The Hall–Kier alpha value is -1.38. The van der Waals surface area contributed by atoms with Crippen molar-refractivity contribution in [2.45, 2.75) is 32.3 Å². The highest BCUT2D eigenvalue weighted by Gasteiger charge is 2.21. The topological polar surface area (TPSA) is 32.3 Å². The molecule has 1 aliphatic heterocycles. The number of hydrogen-bond acceptors (Lipinski definition) is 2. The van der Waals surface area contributed by atoms with E-state index in [4.69, 9.17) is 0 Å². The van der Waals surface area contributed by atoms with Gasteiger partial charge in [-0.05, 0) is 50.9 Å². The molecule has 0 aliphatic carbocycles. The van der Waals surface area contributed by atoms with Crippen LogP contribution in [-0.4, -0.2) is 23.8 Å². The molecule has 1 aliphatic rings. The number of piperidine rings is 1. The summed E-state index contributed by atoms with van der Waals surface area (Å²) in [5.74, 6) is 0. The van der Waals surface area contributed by atoms with Crippen LogP contribution in [0.4, 0.5) is 0 Å². The van der Waals surface area contributed by atoms with Crippen LogP contribution < -0.4 is 5.32 Å². The Labute approximate surface area is 116 Å². The molecule has 0 aromatic heterocycles. The molecule has 104 valence electrons. The van der Waals surface area contributed by atoms with E-state index in [1.54, 1.807) is 0 Å². The van der Waals surface area contributed by atoms with Crippen LogP contribution in [0.3, 0.4) is 0 Å². The molecule has 0 radical (unpaired) electrons. The lowest BCUT2D eigenvalue weighted by molar-refractivity contribution is 0.0291. The summed E-state index contributed by atoms with van der Waals surface area (Å²) in [7, 11) is 0. The number of rotatable bonds is 2. The summed E-state index contributed by atoms with van der Waals surface area (Å²) < 4.78 is 0. The van der Waals surface area contributed by atoms with Gasteiger partial charge in [-0.2, -0.15) is 0 Å². The van der Waals surface area contributed by atoms with E-state index in [9.17, 15) is 5.11 Å². The van der Waals surface area contributed by atoms with Gasteiger partial charge in [-0.1, -0.05) is 49.1 Å². The van der Waals surface area contributed by atoms with E-state index in [0.29, 0.717) is 0 Å². The van der Waals surface area contributed by atoms with E-state index in [0.717, 1.165) is 25.9 Å². The van der Waals surface area contributed by atoms with Crippen LogP contribution in [0, 0.1) is 0 Å². The van der Waals surface area contributed by atoms with Crippen molar-refractivity contribution in [2.24, 2.45) is 0 Å². The summed E-state index contributed by atoms with van der Waals surface area (Å²) in [5, 5.41) is 12.5. The molecule has 2 N–H and O–H groups in total. The molecule has 2 rings (SSSR count). The second-order valence-corrected chi connectivity index (χ2v) is 5.08. The van der Waals surface area contributed by atoms with Gasteiger partial charge in [0.2, 0.25) is 0 Å². The molecule has 1 aromatic carbocycles. The highest BCUT2D eigenvalue weighted by molar-refractivity contribution is 5.63. The van der Waals surface area contributed by atoms with Crippen LogP contribution in [-0.2, 0) is 0 Å². The minimum absolute atomic E-state index is 0.384. The SMILES string of the molecule is C=Cc1ccccc1/C=C\C.CC1(O)CCNCC1. The third kappa shape index (κ3) is 5.86. The van der Waals surface area contributed by atoms with E-state index >= 15 is 0 Å². The number of aliphatic hydroxyl groups is 1. The lowest BCUT2D eigenvalue weighted by Crippen LogP contribution is -2.39. The largest absolute Gasteiger partial charge is 0.390 e. The van der Waals surface area contributed by atoms with Crippen LogP contribution in [0.15, 0.2) is 36.9 Å². The van der Waals surface area contributed by atoms with Crippen LogP contribution in [0.2, 0.25) is 0 Å². The van der Waals surface area contributed by atoms with Gasteiger partial charge >= 0.3 is 0 Å². The van der Waals surface area contributed by atoms with Crippen molar-refractivity contribution < 1.29 is 5.11 Å². The first-order chi connectivity index (χ1) is 9.09. The Balaban J connectivity index is 0.000000200. The minimum Gasteiger partial charge on any atom is -0.390 e. The first kappa shape index (κ1) is 15.7. The van der Waals surface area contributed by atoms with Gasteiger partial charge in [0.15, 0.2) is 0 Å². The van der Waals surface area contributed by atoms with Crippen LogP contribution in [0.1, 0.15) is 37.8 Å². The molecule has 19 heavy (non-hydrogen) atoms. The van der Waals surface area contributed by atoms with Gasteiger partial charge < -0.3 is 10.4 Å². The zero-order valence-corrected chi connectivity index (χ0v) is 12.0. The van der Waals surface area contributed by atoms with Crippen molar-refractivity contribution in [3.63, 3.8) is 0 Å². The molecule has 0 amide bonds. The van der Waals surface area contributed by atoms with Crippen LogP contribution in [0.5, 0.6) is 0 Å². The van der Waals surface area contributed by atoms with Crippen molar-refractivity contribution >= 4 is 12.2 Å². The first-order valence-electron chi connectivity index (χ1n) is 6.86. The minimum atomic E-state index is -0.384. The van der Waals surface area contributed by atoms with Crippen molar-refractivity contribution in [3.05, 3.63) is 48.0 Å². The zero-order chi connectivity index (χ0) is 14.1. The van der Waals surface area contributed by atoms with Gasteiger partial charge in [0, 0.05) is 0 Å². The van der Waals surface area contributed by atoms with Crippen molar-refractivity contribution in [2.75, 3.05) is 13.1 Å². The summed E-state index contributed by atoms with van der Waals surface area (Å²) in [6.45, 7) is 9.58. The molecular formula is C17H25NO. The number of nitrogens with one attached hydrogen (secondary N) is 1. The Morgan fingerprint density at radius 1 is 1.21 bits per heavy atom. The van der Waals surface area contributed by atoms with E-state index in [1.165, 1.54) is 11.1 Å². The standard InChI is InChI=1S/C11H12.C6H13NO/c1-3-7-11-9-6-5-8-10(11)4-2;1-6(8)2-4-7-5-3-6/h3-9H,2H2,1H3;7-8H,2-5H2,1H3/b7-3-;. The summed E-state index contributed by atoms with van der Waals surface area (Å²) in [5.41, 5.74) is 2.03. The van der Waals surface area contributed by atoms with Crippen molar-refractivity contribution in [3.8, 4) is 0 Å². The number of allylic oxidation sites excluding steroid dienone is 1. The van der Waals surface area contributed by atoms with E-state index < -0.39 is 0 Å². The maximum atomic E-state index is 9.33. The fourth-order valence-corrected chi connectivity index (χ4v) is 1.99. The number of benzene rings is 1. The van der Waals surface area contributed by atoms with E-state index in [2.05, 4.69) is 30.1 Å². The van der Waals surface area contributed by atoms with Gasteiger partial charge in [-0.25, -0.2) is 0 Å². The lowest BCUT2D eigenvalue weighted by atomic mass is 9.95. The van der Waals surface area contributed by atoms with Gasteiger partial charge in [0.25, 0.3) is 0 Å². The van der Waals surface area contributed by atoms with Crippen LogP contribution >= 0.6 is 0 Å². The first-order valence-corrected chi connectivity index (χ1v) is 6.86. The molecule has 0 bridgehead atoms. The summed E-state index contributed by atoms with van der Waals surface area (Å²) in [4.78, 5) is 0. The van der Waals surface area contributed by atoms with Gasteiger partial charge in [0.1, 0.15) is 0 Å². The fourth-order valence-electron chi connectivity index (χ4n) is 1.99. The van der Waals surface area contributed by atoms with Gasteiger partial charge in [0.05, 0.1) is 5.60 Å². The van der Waals surface area contributed by atoms with Gasteiger partial charge in [-0.15, -0.1) is 0 Å². The quantitative estimate of drug-likeness (QED) is 0.852.